The molecule has 0 bridgehead atoms. The summed E-state index contributed by atoms with van der Waals surface area (Å²) in [6, 6.07) is 5.33. The van der Waals surface area contributed by atoms with Crippen molar-refractivity contribution < 1.29 is 14.7 Å². The number of oxime groups is 1. The van der Waals surface area contributed by atoms with Crippen molar-refractivity contribution in [3.8, 4) is 5.75 Å². The van der Waals surface area contributed by atoms with E-state index in [1.54, 1.807) is 25.3 Å². The van der Waals surface area contributed by atoms with Crippen LogP contribution in [-0.4, -0.2) is 24.1 Å². The first-order chi connectivity index (χ1) is 9.40. The third-order valence-electron chi connectivity index (χ3n) is 3.05. The van der Waals surface area contributed by atoms with Gasteiger partial charge in [-0.25, -0.2) is 0 Å². The van der Waals surface area contributed by atoms with E-state index in [2.05, 4.69) is 10.5 Å². The molecule has 1 unspecified atom stereocenters. The van der Waals surface area contributed by atoms with Crippen molar-refractivity contribution in [3.63, 3.8) is 0 Å². The van der Waals surface area contributed by atoms with Crippen molar-refractivity contribution >= 4 is 17.4 Å². The molecule has 1 rings (SSSR count). The summed E-state index contributed by atoms with van der Waals surface area (Å²) in [5.41, 5.74) is 7.12. The maximum absolute atomic E-state index is 12.2. The number of ether oxygens (including phenoxy) is 1. The Kier molecular flexibility index (Phi) is 5.37. The summed E-state index contributed by atoms with van der Waals surface area (Å²) in [7, 11) is 1.59. The molecule has 1 aromatic rings. The van der Waals surface area contributed by atoms with E-state index in [-0.39, 0.29) is 17.7 Å². The molecule has 1 aromatic carbocycles. The van der Waals surface area contributed by atoms with Crippen molar-refractivity contribution in [2.45, 2.75) is 20.8 Å². The topological polar surface area (TPSA) is 96.9 Å². The van der Waals surface area contributed by atoms with Gasteiger partial charge < -0.3 is 21.0 Å². The number of rotatable bonds is 5. The first-order valence-corrected chi connectivity index (χ1v) is 6.33. The zero-order valence-electron chi connectivity index (χ0n) is 12.2. The van der Waals surface area contributed by atoms with Crippen LogP contribution in [0.15, 0.2) is 23.4 Å². The lowest BCUT2D eigenvalue weighted by Crippen LogP contribution is -2.38. The standard InChI is InChI=1S/C14H21N3O3/c1-8(2)12(13(15)17-19)14(18)16-10-5-6-11(20-4)9(3)7-10/h5-8,12,19H,1-4H3,(H2,15,17)(H,16,18). The van der Waals surface area contributed by atoms with Gasteiger partial charge in [0.1, 0.15) is 11.7 Å². The summed E-state index contributed by atoms with van der Waals surface area (Å²) >= 11 is 0. The number of amides is 1. The fourth-order valence-electron chi connectivity index (χ4n) is 2.02. The summed E-state index contributed by atoms with van der Waals surface area (Å²) in [6.07, 6.45) is 0. The normalized spacial score (nSPS) is 13.2. The number of aryl methyl sites for hydroxylation is 1. The lowest BCUT2D eigenvalue weighted by Gasteiger charge is -2.19. The molecular weight excluding hydrogens is 258 g/mol. The molecule has 0 aliphatic carbocycles. The number of nitrogens with zero attached hydrogens (tertiary/aromatic N) is 1. The Hall–Kier alpha value is -2.24. The first kappa shape index (κ1) is 15.8. The van der Waals surface area contributed by atoms with E-state index in [1.807, 2.05) is 20.8 Å². The molecule has 110 valence electrons. The zero-order valence-corrected chi connectivity index (χ0v) is 12.2. The van der Waals surface area contributed by atoms with Crippen LogP contribution in [0.5, 0.6) is 5.75 Å². The van der Waals surface area contributed by atoms with Crippen molar-refractivity contribution in [3.05, 3.63) is 23.8 Å². The van der Waals surface area contributed by atoms with Crippen LogP contribution in [0, 0.1) is 18.8 Å². The smallest absolute Gasteiger partial charge is 0.235 e. The maximum Gasteiger partial charge on any atom is 0.235 e. The minimum absolute atomic E-state index is 0.0785. The molecule has 0 aromatic heterocycles. The van der Waals surface area contributed by atoms with E-state index in [4.69, 9.17) is 15.7 Å². The Morgan fingerprint density at radius 1 is 1.45 bits per heavy atom. The molecule has 1 atom stereocenters. The van der Waals surface area contributed by atoms with Crippen LogP contribution in [0.25, 0.3) is 0 Å². The first-order valence-electron chi connectivity index (χ1n) is 6.33. The van der Waals surface area contributed by atoms with Gasteiger partial charge in [0.15, 0.2) is 5.84 Å². The van der Waals surface area contributed by atoms with Gasteiger partial charge >= 0.3 is 0 Å². The summed E-state index contributed by atoms with van der Waals surface area (Å²) in [5, 5.41) is 14.4. The molecule has 6 nitrogen and oxygen atoms in total. The van der Waals surface area contributed by atoms with Gasteiger partial charge in [0.05, 0.1) is 7.11 Å². The Balaban J connectivity index is 2.91. The molecule has 6 heteroatoms. The van der Waals surface area contributed by atoms with Crippen LogP contribution >= 0.6 is 0 Å². The SMILES string of the molecule is COc1ccc(NC(=O)C(C(N)=NO)C(C)C)cc1C. The van der Waals surface area contributed by atoms with Crippen LogP contribution in [0.3, 0.4) is 0 Å². The summed E-state index contributed by atoms with van der Waals surface area (Å²) in [5.74, 6) is -0.407. The van der Waals surface area contributed by atoms with Gasteiger partial charge in [0, 0.05) is 5.69 Å². The van der Waals surface area contributed by atoms with E-state index in [0.717, 1.165) is 11.3 Å². The Morgan fingerprint density at radius 3 is 2.55 bits per heavy atom. The van der Waals surface area contributed by atoms with Crippen LogP contribution < -0.4 is 15.8 Å². The van der Waals surface area contributed by atoms with Crippen LogP contribution in [0.2, 0.25) is 0 Å². The van der Waals surface area contributed by atoms with E-state index in [0.29, 0.717) is 5.69 Å². The Labute approximate surface area is 118 Å². The molecule has 0 aliphatic heterocycles. The van der Waals surface area contributed by atoms with Gasteiger partial charge in [-0.15, -0.1) is 0 Å². The molecule has 0 saturated carbocycles. The number of methoxy groups -OCH3 is 1. The highest BCUT2D eigenvalue weighted by Crippen LogP contribution is 2.22. The molecule has 4 N–H and O–H groups in total. The van der Waals surface area contributed by atoms with E-state index < -0.39 is 5.92 Å². The molecule has 0 spiro atoms. The molecule has 0 heterocycles. The highest BCUT2D eigenvalue weighted by atomic mass is 16.5. The third kappa shape index (κ3) is 3.63. The number of nitrogens with two attached hydrogens (primary N) is 1. The van der Waals surface area contributed by atoms with Gasteiger partial charge in [0.2, 0.25) is 5.91 Å². The van der Waals surface area contributed by atoms with Crippen molar-refractivity contribution in [1.29, 1.82) is 0 Å². The third-order valence-corrected chi connectivity index (χ3v) is 3.05. The van der Waals surface area contributed by atoms with Gasteiger partial charge in [-0.05, 0) is 36.6 Å². The van der Waals surface area contributed by atoms with Gasteiger partial charge in [-0.2, -0.15) is 0 Å². The highest BCUT2D eigenvalue weighted by Gasteiger charge is 2.26. The molecule has 0 fully saturated rings. The zero-order chi connectivity index (χ0) is 15.3. The quantitative estimate of drug-likeness (QED) is 0.332. The average Bonchev–Trinajstić information content (AvgIpc) is 2.38. The lowest BCUT2D eigenvalue weighted by molar-refractivity contribution is -0.119. The maximum atomic E-state index is 12.2. The van der Waals surface area contributed by atoms with Crippen LogP contribution in [-0.2, 0) is 4.79 Å². The lowest BCUT2D eigenvalue weighted by atomic mass is 9.93. The number of anilines is 1. The second kappa shape index (κ2) is 6.79. The van der Waals surface area contributed by atoms with E-state index in [1.165, 1.54) is 0 Å². The largest absolute Gasteiger partial charge is 0.496 e. The second-order valence-electron chi connectivity index (χ2n) is 4.92. The summed E-state index contributed by atoms with van der Waals surface area (Å²) < 4.78 is 5.16. The van der Waals surface area contributed by atoms with Crippen molar-refractivity contribution in [1.82, 2.24) is 0 Å². The van der Waals surface area contributed by atoms with Crippen LogP contribution in [0.4, 0.5) is 5.69 Å². The van der Waals surface area contributed by atoms with Gasteiger partial charge in [-0.1, -0.05) is 19.0 Å². The predicted molar refractivity (Wildman–Crippen MR) is 78.1 cm³/mol. The van der Waals surface area contributed by atoms with E-state index in [9.17, 15) is 4.79 Å². The number of carbonyl (C=O) groups excluding carboxylic acids is 1. The summed E-state index contributed by atoms with van der Waals surface area (Å²) in [6.45, 7) is 5.56. The van der Waals surface area contributed by atoms with Crippen molar-refractivity contribution in [2.75, 3.05) is 12.4 Å². The van der Waals surface area contributed by atoms with Crippen LogP contribution in [0.1, 0.15) is 19.4 Å². The molecular formula is C14H21N3O3. The second-order valence-corrected chi connectivity index (χ2v) is 4.92. The minimum Gasteiger partial charge on any atom is -0.496 e. The molecule has 20 heavy (non-hydrogen) atoms. The highest BCUT2D eigenvalue weighted by molar-refractivity contribution is 6.07. The molecule has 0 saturated heterocycles. The molecule has 0 radical (unpaired) electrons. The number of carbonyl (C=O) groups is 1. The Bertz CT molecular complexity index is 512. The number of nitrogens with one attached hydrogen (secondary N) is 1. The monoisotopic (exact) mass is 279 g/mol. The number of amidine groups is 1. The average molecular weight is 279 g/mol. The molecule has 0 aliphatic rings. The fraction of sp³-hybridized carbons (Fsp3) is 0.429. The Morgan fingerprint density at radius 2 is 2.10 bits per heavy atom. The van der Waals surface area contributed by atoms with E-state index >= 15 is 0 Å². The number of hydrogen-bond donors (Lipinski definition) is 3. The number of benzene rings is 1. The fourth-order valence-corrected chi connectivity index (χ4v) is 2.02. The molecule has 1 amide bonds. The van der Waals surface area contributed by atoms with Gasteiger partial charge in [0.25, 0.3) is 0 Å². The van der Waals surface area contributed by atoms with Crippen molar-refractivity contribution in [2.24, 2.45) is 22.7 Å². The number of hydrogen-bond acceptors (Lipinski definition) is 4. The predicted octanol–water partition coefficient (Wildman–Crippen LogP) is 1.96. The van der Waals surface area contributed by atoms with Gasteiger partial charge in [-0.3, -0.25) is 4.79 Å². The minimum atomic E-state index is -0.678. The summed E-state index contributed by atoms with van der Waals surface area (Å²) in [4.78, 5) is 12.2.